The van der Waals surface area contributed by atoms with E-state index in [0.29, 0.717) is 6.54 Å². The predicted molar refractivity (Wildman–Crippen MR) is 75.3 cm³/mol. The van der Waals surface area contributed by atoms with Crippen molar-refractivity contribution >= 4 is 16.0 Å². The second-order valence-electron chi connectivity index (χ2n) is 5.30. The fourth-order valence-electron chi connectivity index (χ4n) is 2.43. The van der Waals surface area contributed by atoms with Crippen LogP contribution in [-0.4, -0.2) is 59.9 Å². The molecule has 2 N–H and O–H groups in total. The number of rotatable bonds is 7. The van der Waals surface area contributed by atoms with Crippen molar-refractivity contribution in [2.24, 2.45) is 0 Å². The molecule has 9 heteroatoms. The first-order valence-corrected chi connectivity index (χ1v) is 8.34. The van der Waals surface area contributed by atoms with Crippen molar-refractivity contribution in [3.63, 3.8) is 0 Å². The van der Waals surface area contributed by atoms with Crippen LogP contribution in [0.1, 0.15) is 19.8 Å². The lowest BCUT2D eigenvalue weighted by molar-refractivity contribution is -0.137. The quantitative estimate of drug-likeness (QED) is 0.717. The van der Waals surface area contributed by atoms with Crippen molar-refractivity contribution in [1.82, 2.24) is 19.4 Å². The highest BCUT2D eigenvalue weighted by molar-refractivity contribution is 7.89. The van der Waals surface area contributed by atoms with E-state index in [2.05, 4.69) is 14.7 Å². The van der Waals surface area contributed by atoms with Crippen molar-refractivity contribution in [1.29, 1.82) is 0 Å². The van der Waals surface area contributed by atoms with E-state index in [-0.39, 0.29) is 17.5 Å². The molecule has 118 valence electrons. The Morgan fingerprint density at radius 3 is 2.76 bits per heavy atom. The molecule has 1 unspecified atom stereocenters. The Hall–Kier alpha value is -1.45. The van der Waals surface area contributed by atoms with E-state index in [1.54, 1.807) is 0 Å². The van der Waals surface area contributed by atoms with Crippen LogP contribution in [0.4, 0.5) is 0 Å². The molecule has 0 amide bonds. The van der Waals surface area contributed by atoms with Gasteiger partial charge >= 0.3 is 5.97 Å². The third kappa shape index (κ3) is 4.51. The standard InChI is InChI=1S/C12H20N4O4S/c1-10(7-15-4-2-3-5-15)14-21(19,20)11-6-13-16(8-11)9-12(17)18/h6,8,10,14H,2-5,7,9H2,1H3,(H,17,18). The number of carboxylic acids is 1. The summed E-state index contributed by atoms with van der Waals surface area (Å²) in [5.74, 6) is -1.07. The minimum atomic E-state index is -3.67. The summed E-state index contributed by atoms with van der Waals surface area (Å²) in [5, 5.41) is 12.4. The fourth-order valence-corrected chi connectivity index (χ4v) is 3.62. The molecule has 1 aromatic rings. The van der Waals surface area contributed by atoms with Gasteiger partial charge in [0.15, 0.2) is 0 Å². The number of carboxylic acid groups (broad SMARTS) is 1. The molecule has 21 heavy (non-hydrogen) atoms. The van der Waals surface area contributed by atoms with Gasteiger partial charge in [-0.15, -0.1) is 0 Å². The summed E-state index contributed by atoms with van der Waals surface area (Å²) in [6, 6.07) is -0.212. The van der Waals surface area contributed by atoms with Gasteiger partial charge in [-0.1, -0.05) is 0 Å². The second kappa shape index (κ2) is 6.54. The molecular weight excluding hydrogens is 296 g/mol. The van der Waals surface area contributed by atoms with Crippen LogP contribution in [0.25, 0.3) is 0 Å². The van der Waals surface area contributed by atoms with E-state index >= 15 is 0 Å². The molecule has 1 aliphatic rings. The average Bonchev–Trinajstić information content (AvgIpc) is 2.98. The zero-order valence-corrected chi connectivity index (χ0v) is 12.7. The molecule has 1 aromatic heterocycles. The molecule has 0 spiro atoms. The zero-order valence-electron chi connectivity index (χ0n) is 11.9. The molecule has 0 aromatic carbocycles. The highest BCUT2D eigenvalue weighted by atomic mass is 32.2. The van der Waals surface area contributed by atoms with Gasteiger partial charge < -0.3 is 10.0 Å². The Morgan fingerprint density at radius 2 is 2.14 bits per heavy atom. The van der Waals surface area contributed by atoms with Crippen LogP contribution in [0, 0.1) is 0 Å². The first-order chi connectivity index (χ1) is 9.87. The van der Waals surface area contributed by atoms with Gasteiger partial charge in [0.2, 0.25) is 10.0 Å². The number of nitrogens with one attached hydrogen (secondary N) is 1. The van der Waals surface area contributed by atoms with Gasteiger partial charge in [-0.3, -0.25) is 9.48 Å². The molecular formula is C12H20N4O4S. The lowest BCUT2D eigenvalue weighted by Crippen LogP contribution is -2.40. The van der Waals surface area contributed by atoms with Crippen LogP contribution >= 0.6 is 0 Å². The summed E-state index contributed by atoms with van der Waals surface area (Å²) in [5.41, 5.74) is 0. The molecule has 1 atom stereocenters. The third-order valence-corrected chi connectivity index (χ3v) is 4.85. The molecule has 0 radical (unpaired) electrons. The maximum atomic E-state index is 12.2. The number of aliphatic carboxylic acids is 1. The summed E-state index contributed by atoms with van der Waals surface area (Å²) >= 11 is 0. The highest BCUT2D eigenvalue weighted by Crippen LogP contribution is 2.11. The van der Waals surface area contributed by atoms with Crippen LogP contribution in [0.15, 0.2) is 17.3 Å². The minimum absolute atomic E-state index is 0.0166. The molecule has 0 bridgehead atoms. The van der Waals surface area contributed by atoms with Gasteiger partial charge in [0.25, 0.3) is 0 Å². The SMILES string of the molecule is CC(CN1CCCC1)NS(=O)(=O)c1cnn(CC(=O)O)c1. The topological polar surface area (TPSA) is 105 Å². The third-order valence-electron chi connectivity index (χ3n) is 3.30. The summed E-state index contributed by atoms with van der Waals surface area (Å²) < 4.78 is 28.1. The average molecular weight is 316 g/mol. The largest absolute Gasteiger partial charge is 0.480 e. The van der Waals surface area contributed by atoms with Crippen LogP contribution in [0.3, 0.4) is 0 Å². The normalized spacial score (nSPS) is 18.0. The number of hydrogen-bond donors (Lipinski definition) is 2. The number of nitrogens with zero attached hydrogens (tertiary/aromatic N) is 3. The summed E-state index contributed by atoms with van der Waals surface area (Å²) in [6.07, 6.45) is 4.69. The van der Waals surface area contributed by atoms with Crippen LogP contribution < -0.4 is 4.72 Å². The number of likely N-dealkylation sites (tertiary alicyclic amines) is 1. The predicted octanol–water partition coefficient (Wildman–Crippen LogP) is -0.270. The van der Waals surface area contributed by atoms with E-state index in [1.165, 1.54) is 6.20 Å². The number of aromatic nitrogens is 2. The number of sulfonamides is 1. The van der Waals surface area contributed by atoms with Crippen molar-refractivity contribution < 1.29 is 18.3 Å². The van der Waals surface area contributed by atoms with E-state index in [1.807, 2.05) is 6.92 Å². The van der Waals surface area contributed by atoms with Crippen molar-refractivity contribution in [2.45, 2.75) is 37.2 Å². The van der Waals surface area contributed by atoms with E-state index in [0.717, 1.165) is 36.8 Å². The Bertz CT molecular complexity index is 592. The number of carbonyl (C=O) groups is 1. The monoisotopic (exact) mass is 316 g/mol. The Labute approximate surface area is 123 Å². The Balaban J connectivity index is 1.96. The van der Waals surface area contributed by atoms with Crippen molar-refractivity contribution in [2.75, 3.05) is 19.6 Å². The van der Waals surface area contributed by atoms with Gasteiger partial charge in [0.1, 0.15) is 11.4 Å². The molecule has 1 aliphatic heterocycles. The molecule has 2 rings (SSSR count). The van der Waals surface area contributed by atoms with E-state index < -0.39 is 16.0 Å². The molecule has 2 heterocycles. The van der Waals surface area contributed by atoms with Gasteiger partial charge in [0, 0.05) is 18.8 Å². The van der Waals surface area contributed by atoms with Crippen molar-refractivity contribution in [3.8, 4) is 0 Å². The molecule has 0 saturated carbocycles. The summed E-state index contributed by atoms with van der Waals surface area (Å²) in [7, 11) is -3.67. The van der Waals surface area contributed by atoms with E-state index in [4.69, 9.17) is 5.11 Å². The first-order valence-electron chi connectivity index (χ1n) is 6.86. The van der Waals surface area contributed by atoms with Gasteiger partial charge in [-0.2, -0.15) is 5.10 Å². The fraction of sp³-hybridized carbons (Fsp3) is 0.667. The second-order valence-corrected chi connectivity index (χ2v) is 7.01. The van der Waals surface area contributed by atoms with Gasteiger partial charge in [-0.25, -0.2) is 13.1 Å². The minimum Gasteiger partial charge on any atom is -0.480 e. The summed E-state index contributed by atoms with van der Waals surface area (Å²) in [6.45, 7) is 4.13. The van der Waals surface area contributed by atoms with Crippen LogP contribution in [0.5, 0.6) is 0 Å². The Morgan fingerprint density at radius 1 is 1.48 bits per heavy atom. The highest BCUT2D eigenvalue weighted by Gasteiger charge is 2.22. The lowest BCUT2D eigenvalue weighted by atomic mass is 10.3. The molecule has 1 saturated heterocycles. The summed E-state index contributed by atoms with van der Waals surface area (Å²) in [4.78, 5) is 12.8. The van der Waals surface area contributed by atoms with Crippen LogP contribution in [-0.2, 0) is 21.4 Å². The maximum Gasteiger partial charge on any atom is 0.325 e. The molecule has 8 nitrogen and oxygen atoms in total. The van der Waals surface area contributed by atoms with Crippen molar-refractivity contribution in [3.05, 3.63) is 12.4 Å². The van der Waals surface area contributed by atoms with Crippen LogP contribution in [0.2, 0.25) is 0 Å². The van der Waals surface area contributed by atoms with Gasteiger partial charge in [-0.05, 0) is 32.9 Å². The molecule has 1 fully saturated rings. The zero-order chi connectivity index (χ0) is 15.5. The maximum absolute atomic E-state index is 12.2. The first kappa shape index (κ1) is 15.9. The Kier molecular flexibility index (Phi) is 4.96. The van der Waals surface area contributed by atoms with Gasteiger partial charge in [0.05, 0.1) is 6.20 Å². The number of hydrogen-bond acceptors (Lipinski definition) is 5. The smallest absolute Gasteiger partial charge is 0.325 e. The molecule has 0 aliphatic carbocycles. The lowest BCUT2D eigenvalue weighted by Gasteiger charge is -2.20. The van der Waals surface area contributed by atoms with E-state index in [9.17, 15) is 13.2 Å².